The number of thioether (sulfide) groups is 1. The molecule has 1 aromatic heterocycles. The molecule has 3 heteroatoms. The number of aromatic nitrogens is 1. The summed E-state index contributed by atoms with van der Waals surface area (Å²) in [5.41, 5.74) is 0.650. The van der Waals surface area contributed by atoms with Crippen LogP contribution in [0.4, 0.5) is 0 Å². The number of hydrogen-bond donors (Lipinski definition) is 2. The third-order valence-electron chi connectivity index (χ3n) is 3.60. The minimum atomic E-state index is -0.562. The fourth-order valence-corrected chi connectivity index (χ4v) is 1.59. The molecule has 0 aliphatic carbocycles. The Morgan fingerprint density at radius 3 is 1.95 bits per heavy atom. The third-order valence-corrected chi connectivity index (χ3v) is 4.32. The fraction of sp³-hybridized carbons (Fsp3) is 0.556. The van der Waals surface area contributed by atoms with Crippen LogP contribution in [0.1, 0.15) is 48.5 Å². The number of nitrogens with one attached hydrogen (secondary N) is 1. The molecule has 0 amide bonds. The molecule has 0 atom stereocenters. The van der Waals surface area contributed by atoms with Gasteiger partial charge >= 0.3 is 0 Å². The largest absolute Gasteiger partial charge is 0.390 e. The normalized spacial score (nSPS) is 11.3. The predicted octanol–water partition coefficient (Wildman–Crippen LogP) is 5.72. The molecule has 2 rings (SSSR count). The SMILES string of the molecule is CC.CC(C)(C)C(C)(C)O.CSc1ccc2cc[nH]c2c1. The summed E-state index contributed by atoms with van der Waals surface area (Å²) in [5.74, 6) is 0. The second kappa shape index (κ2) is 8.50. The number of benzene rings is 1. The first-order chi connectivity index (χ1) is 9.65. The molecule has 0 aliphatic heterocycles. The Labute approximate surface area is 134 Å². The Morgan fingerprint density at radius 2 is 1.52 bits per heavy atom. The highest BCUT2D eigenvalue weighted by molar-refractivity contribution is 7.98. The molecule has 0 saturated heterocycles. The van der Waals surface area contributed by atoms with E-state index in [0.29, 0.717) is 0 Å². The summed E-state index contributed by atoms with van der Waals surface area (Å²) in [6.45, 7) is 13.7. The summed E-state index contributed by atoms with van der Waals surface area (Å²) in [6.07, 6.45) is 4.05. The second-order valence-corrected chi connectivity index (χ2v) is 7.12. The molecule has 0 bridgehead atoms. The smallest absolute Gasteiger partial charge is 0.0639 e. The van der Waals surface area contributed by atoms with Crippen LogP contribution in [0.25, 0.3) is 10.9 Å². The van der Waals surface area contributed by atoms with Crippen molar-refractivity contribution < 1.29 is 5.11 Å². The highest BCUT2D eigenvalue weighted by atomic mass is 32.2. The van der Waals surface area contributed by atoms with Crippen molar-refractivity contribution in [3.8, 4) is 0 Å². The average molecular weight is 310 g/mol. The van der Waals surface area contributed by atoms with E-state index in [2.05, 4.69) is 35.5 Å². The summed E-state index contributed by atoms with van der Waals surface area (Å²) < 4.78 is 0. The summed E-state index contributed by atoms with van der Waals surface area (Å²) in [7, 11) is 0. The van der Waals surface area contributed by atoms with Crippen molar-refractivity contribution in [3.63, 3.8) is 0 Å². The molecule has 2 nitrogen and oxygen atoms in total. The van der Waals surface area contributed by atoms with Gasteiger partial charge in [0.05, 0.1) is 5.60 Å². The van der Waals surface area contributed by atoms with Gasteiger partial charge in [0.1, 0.15) is 0 Å². The van der Waals surface area contributed by atoms with Crippen molar-refractivity contribution in [1.82, 2.24) is 4.98 Å². The van der Waals surface area contributed by atoms with Gasteiger partial charge in [0, 0.05) is 16.6 Å². The Balaban J connectivity index is 0.000000358. The zero-order valence-corrected chi connectivity index (χ0v) is 15.6. The molecule has 0 aliphatic rings. The van der Waals surface area contributed by atoms with Crippen molar-refractivity contribution >= 4 is 22.7 Å². The van der Waals surface area contributed by atoms with E-state index < -0.39 is 5.60 Å². The first-order valence-corrected chi connectivity index (χ1v) is 8.71. The lowest BCUT2D eigenvalue weighted by atomic mass is 9.79. The molecular weight excluding hydrogens is 278 g/mol. The molecule has 0 radical (unpaired) electrons. The number of aliphatic hydroxyl groups is 1. The standard InChI is InChI=1S/C9H9NS.C7H16O.C2H6/c1-11-8-3-2-7-4-5-10-9(7)6-8;1-6(2,3)7(4,5)8;1-2/h2-6,10H,1H3;8H,1-5H3;1-2H3. The van der Waals surface area contributed by atoms with Gasteiger partial charge in [-0.05, 0) is 49.1 Å². The number of fused-ring (bicyclic) bond motifs is 1. The molecule has 1 aromatic carbocycles. The lowest BCUT2D eigenvalue weighted by Gasteiger charge is -2.33. The minimum absolute atomic E-state index is 0.00694. The lowest BCUT2D eigenvalue weighted by Crippen LogP contribution is -2.35. The quantitative estimate of drug-likeness (QED) is 0.661. The van der Waals surface area contributed by atoms with Gasteiger partial charge in [0.2, 0.25) is 0 Å². The first-order valence-electron chi connectivity index (χ1n) is 7.48. The van der Waals surface area contributed by atoms with Gasteiger partial charge in [0.15, 0.2) is 0 Å². The molecule has 0 saturated carbocycles. The zero-order valence-electron chi connectivity index (χ0n) is 14.7. The van der Waals surface area contributed by atoms with Crippen molar-refractivity contribution in [3.05, 3.63) is 30.5 Å². The first kappa shape index (κ1) is 20.1. The molecule has 0 fully saturated rings. The maximum atomic E-state index is 9.35. The van der Waals surface area contributed by atoms with E-state index in [1.54, 1.807) is 11.8 Å². The van der Waals surface area contributed by atoms with E-state index in [4.69, 9.17) is 0 Å². The molecule has 1 heterocycles. The molecule has 21 heavy (non-hydrogen) atoms. The van der Waals surface area contributed by atoms with Crippen LogP contribution in [0.15, 0.2) is 35.4 Å². The van der Waals surface area contributed by atoms with E-state index in [9.17, 15) is 5.11 Å². The van der Waals surface area contributed by atoms with Gasteiger partial charge < -0.3 is 10.1 Å². The van der Waals surface area contributed by atoms with Crippen LogP contribution >= 0.6 is 11.8 Å². The van der Waals surface area contributed by atoms with E-state index >= 15 is 0 Å². The molecule has 120 valence electrons. The highest BCUT2D eigenvalue weighted by Gasteiger charge is 2.29. The average Bonchev–Trinajstić information content (AvgIpc) is 2.86. The molecule has 0 unspecified atom stereocenters. The van der Waals surface area contributed by atoms with Gasteiger partial charge in [0.25, 0.3) is 0 Å². The van der Waals surface area contributed by atoms with E-state index in [1.165, 1.54) is 15.8 Å². The van der Waals surface area contributed by atoms with E-state index in [1.807, 2.05) is 54.7 Å². The van der Waals surface area contributed by atoms with Crippen molar-refractivity contribution in [2.45, 2.75) is 59.0 Å². The summed E-state index contributed by atoms with van der Waals surface area (Å²) >= 11 is 1.77. The molecule has 2 aromatic rings. The van der Waals surface area contributed by atoms with Crippen LogP contribution in [0.3, 0.4) is 0 Å². The van der Waals surface area contributed by atoms with Crippen LogP contribution in [0, 0.1) is 5.41 Å². The Kier molecular flexibility index (Phi) is 8.12. The van der Waals surface area contributed by atoms with Crippen molar-refractivity contribution in [1.29, 1.82) is 0 Å². The van der Waals surface area contributed by atoms with Gasteiger partial charge in [-0.1, -0.05) is 40.7 Å². The lowest BCUT2D eigenvalue weighted by molar-refractivity contribution is -0.0238. The van der Waals surface area contributed by atoms with E-state index in [0.717, 1.165) is 0 Å². The monoisotopic (exact) mass is 309 g/mol. The second-order valence-electron chi connectivity index (χ2n) is 6.24. The van der Waals surface area contributed by atoms with Gasteiger partial charge in [-0.2, -0.15) is 0 Å². The summed E-state index contributed by atoms with van der Waals surface area (Å²) in [6, 6.07) is 8.53. The minimum Gasteiger partial charge on any atom is -0.390 e. The highest BCUT2D eigenvalue weighted by Crippen LogP contribution is 2.28. The van der Waals surface area contributed by atoms with Gasteiger partial charge in [-0.25, -0.2) is 0 Å². The van der Waals surface area contributed by atoms with Crippen LogP contribution in [-0.2, 0) is 0 Å². The van der Waals surface area contributed by atoms with Crippen molar-refractivity contribution in [2.24, 2.45) is 5.41 Å². The fourth-order valence-electron chi connectivity index (χ4n) is 1.15. The number of rotatable bonds is 1. The van der Waals surface area contributed by atoms with Crippen LogP contribution in [0.5, 0.6) is 0 Å². The summed E-state index contributed by atoms with van der Waals surface area (Å²) in [5, 5.41) is 10.6. The van der Waals surface area contributed by atoms with Crippen LogP contribution < -0.4 is 0 Å². The molecule has 2 N–H and O–H groups in total. The number of hydrogen-bond acceptors (Lipinski definition) is 2. The Hall–Kier alpha value is -0.930. The number of H-pyrrole nitrogens is 1. The van der Waals surface area contributed by atoms with Crippen molar-refractivity contribution in [2.75, 3.05) is 6.26 Å². The number of aromatic amines is 1. The van der Waals surface area contributed by atoms with E-state index in [-0.39, 0.29) is 5.41 Å². The van der Waals surface area contributed by atoms with Gasteiger partial charge in [-0.3, -0.25) is 0 Å². The predicted molar refractivity (Wildman–Crippen MR) is 97.2 cm³/mol. The molecule has 0 spiro atoms. The maximum absolute atomic E-state index is 9.35. The van der Waals surface area contributed by atoms with Gasteiger partial charge in [-0.15, -0.1) is 11.8 Å². The summed E-state index contributed by atoms with van der Waals surface area (Å²) in [4.78, 5) is 4.49. The Morgan fingerprint density at radius 1 is 1.00 bits per heavy atom. The topological polar surface area (TPSA) is 36.0 Å². The zero-order chi connectivity index (χ0) is 16.7. The molecular formula is C18H31NOS. The van der Waals surface area contributed by atoms with Crippen LogP contribution in [0.2, 0.25) is 0 Å². The maximum Gasteiger partial charge on any atom is 0.0639 e. The Bertz CT molecular complexity index is 506. The third kappa shape index (κ3) is 6.58. The van der Waals surface area contributed by atoms with Crippen LogP contribution in [-0.4, -0.2) is 21.9 Å².